The highest BCUT2D eigenvalue weighted by Gasteiger charge is 2.48. The van der Waals surface area contributed by atoms with Gasteiger partial charge in [-0.25, -0.2) is 23.1 Å². The Hall–Kier alpha value is -3.64. The summed E-state index contributed by atoms with van der Waals surface area (Å²) in [6.45, 7) is 0. The maximum atomic E-state index is 13.0. The second-order valence-corrected chi connectivity index (χ2v) is 10.9. The molecular weight excluding hydrogens is 545 g/mol. The van der Waals surface area contributed by atoms with Crippen LogP contribution in [0.15, 0.2) is 70.6 Å². The van der Waals surface area contributed by atoms with Crippen molar-refractivity contribution in [2.75, 3.05) is 11.8 Å². The van der Waals surface area contributed by atoms with E-state index in [1.54, 1.807) is 12.1 Å². The van der Waals surface area contributed by atoms with Crippen LogP contribution in [0.3, 0.4) is 0 Å². The second kappa shape index (κ2) is 9.59. The predicted octanol–water partition coefficient (Wildman–Crippen LogP) is 5.30. The van der Waals surface area contributed by atoms with Crippen molar-refractivity contribution in [2.24, 2.45) is 5.92 Å². The van der Waals surface area contributed by atoms with E-state index in [0.29, 0.717) is 16.5 Å². The minimum atomic E-state index is -4.25. The highest BCUT2D eigenvalue weighted by molar-refractivity contribution is 7.92. The van der Waals surface area contributed by atoms with Gasteiger partial charge in [-0.15, -0.1) is 0 Å². The van der Waals surface area contributed by atoms with Gasteiger partial charge in [0.25, 0.3) is 15.6 Å². The van der Waals surface area contributed by atoms with E-state index in [1.165, 1.54) is 60.5 Å². The van der Waals surface area contributed by atoms with E-state index < -0.39 is 27.7 Å². The topological polar surface area (TPSA) is 103 Å². The van der Waals surface area contributed by atoms with Gasteiger partial charge in [-0.3, -0.25) is 9.36 Å². The van der Waals surface area contributed by atoms with Crippen molar-refractivity contribution in [3.63, 3.8) is 0 Å². The second-order valence-electron chi connectivity index (χ2n) is 8.86. The average Bonchev–Trinajstić information content (AvgIpc) is 2.83. The lowest BCUT2D eigenvalue weighted by atomic mass is 9.71. The molecule has 1 aliphatic rings. The number of sulfonamides is 1. The summed E-state index contributed by atoms with van der Waals surface area (Å²) in [5, 5.41) is 0.636. The van der Waals surface area contributed by atoms with Gasteiger partial charge in [-0.2, -0.15) is 13.2 Å². The first kappa shape index (κ1) is 26.0. The van der Waals surface area contributed by atoms with Crippen LogP contribution in [-0.2, 0) is 10.0 Å². The Bertz CT molecular complexity index is 1690. The zero-order chi connectivity index (χ0) is 27.2. The van der Waals surface area contributed by atoms with Crippen LogP contribution in [-0.4, -0.2) is 36.2 Å². The molecule has 1 N–H and O–H groups in total. The summed E-state index contributed by atoms with van der Waals surface area (Å²) in [5.41, 5.74) is 0.723. The molecule has 38 heavy (non-hydrogen) atoms. The molecule has 0 amide bonds. The van der Waals surface area contributed by atoms with E-state index >= 15 is 0 Å². The molecule has 4 aromatic rings. The fourth-order valence-corrected chi connectivity index (χ4v) is 5.82. The van der Waals surface area contributed by atoms with Crippen LogP contribution in [0.2, 0.25) is 5.02 Å². The van der Waals surface area contributed by atoms with Gasteiger partial charge in [0, 0.05) is 28.9 Å². The number of nitrogens with one attached hydrogen (secondary N) is 1. The molecule has 0 unspecified atom stereocenters. The van der Waals surface area contributed by atoms with E-state index in [9.17, 15) is 26.4 Å². The first-order valence-corrected chi connectivity index (χ1v) is 13.2. The molecule has 1 fully saturated rings. The summed E-state index contributed by atoms with van der Waals surface area (Å²) >= 11 is 6.49. The number of rotatable bonds is 6. The molecule has 0 bridgehead atoms. The average molecular weight is 565 g/mol. The van der Waals surface area contributed by atoms with E-state index in [0.717, 1.165) is 0 Å². The molecular formula is C25H20ClF3N4O4S. The van der Waals surface area contributed by atoms with Crippen molar-refractivity contribution in [2.45, 2.75) is 29.8 Å². The molecule has 8 nitrogen and oxygen atoms in total. The maximum absolute atomic E-state index is 13.0. The number of alkyl halides is 3. The molecule has 0 saturated heterocycles. The highest BCUT2D eigenvalue weighted by atomic mass is 35.5. The molecule has 2 aromatic heterocycles. The van der Waals surface area contributed by atoms with Crippen molar-refractivity contribution in [3.05, 3.63) is 81.9 Å². The lowest BCUT2D eigenvalue weighted by Crippen LogP contribution is -2.34. The van der Waals surface area contributed by atoms with E-state index in [1.807, 2.05) is 0 Å². The summed E-state index contributed by atoms with van der Waals surface area (Å²) in [7, 11) is -2.64. The lowest BCUT2D eigenvalue weighted by molar-refractivity contribution is -0.197. The van der Waals surface area contributed by atoms with Crippen molar-refractivity contribution < 1.29 is 26.3 Å². The van der Waals surface area contributed by atoms with Gasteiger partial charge >= 0.3 is 6.18 Å². The predicted molar refractivity (Wildman–Crippen MR) is 135 cm³/mol. The molecule has 0 aliphatic heterocycles. The number of nitrogens with zero attached hydrogens (tertiary/aromatic N) is 3. The Balaban J connectivity index is 1.54. The molecule has 0 spiro atoms. The van der Waals surface area contributed by atoms with Gasteiger partial charge in [0.15, 0.2) is 0 Å². The molecule has 198 valence electrons. The summed E-state index contributed by atoms with van der Waals surface area (Å²) in [6.07, 6.45) is -1.60. The van der Waals surface area contributed by atoms with E-state index in [4.69, 9.17) is 16.3 Å². The largest absolute Gasteiger partial charge is 0.495 e. The summed E-state index contributed by atoms with van der Waals surface area (Å²) in [6, 6.07) is 11.5. The normalized spacial score (nSPS) is 17.7. The summed E-state index contributed by atoms with van der Waals surface area (Å²) in [5.74, 6) is -1.60. The van der Waals surface area contributed by atoms with Gasteiger partial charge in [-0.05, 0) is 66.8 Å². The fourth-order valence-electron chi connectivity index (χ4n) is 4.52. The molecule has 2 aromatic carbocycles. The highest BCUT2D eigenvalue weighted by Crippen LogP contribution is 2.51. The Morgan fingerprint density at radius 1 is 1.08 bits per heavy atom. The quantitative estimate of drug-likeness (QED) is 0.341. The van der Waals surface area contributed by atoms with Gasteiger partial charge in [-0.1, -0.05) is 11.6 Å². The lowest BCUT2D eigenvalue weighted by Gasteiger charge is -2.37. The number of halogens is 4. The molecule has 5 rings (SSSR count). The van der Waals surface area contributed by atoms with E-state index in [2.05, 4.69) is 14.7 Å². The first-order chi connectivity index (χ1) is 18.0. The van der Waals surface area contributed by atoms with Crippen LogP contribution in [0.5, 0.6) is 5.75 Å². The summed E-state index contributed by atoms with van der Waals surface area (Å²) < 4.78 is 73.8. The zero-order valence-corrected chi connectivity index (χ0v) is 21.3. The Kier molecular flexibility index (Phi) is 6.56. The Morgan fingerprint density at radius 2 is 1.79 bits per heavy atom. The van der Waals surface area contributed by atoms with Crippen molar-refractivity contribution in [1.29, 1.82) is 0 Å². The van der Waals surface area contributed by atoms with Crippen LogP contribution < -0.4 is 15.0 Å². The van der Waals surface area contributed by atoms with Crippen molar-refractivity contribution in [1.82, 2.24) is 14.5 Å². The number of pyridine rings is 1. The van der Waals surface area contributed by atoms with Crippen LogP contribution in [0, 0.1) is 5.92 Å². The number of hydrogen-bond donors (Lipinski definition) is 1. The molecule has 1 saturated carbocycles. The summed E-state index contributed by atoms with van der Waals surface area (Å²) in [4.78, 5) is 20.6. The Morgan fingerprint density at radius 3 is 2.45 bits per heavy atom. The van der Waals surface area contributed by atoms with Crippen LogP contribution in [0.1, 0.15) is 24.3 Å². The van der Waals surface area contributed by atoms with Gasteiger partial charge in [0.05, 0.1) is 29.1 Å². The van der Waals surface area contributed by atoms with E-state index in [-0.39, 0.29) is 46.1 Å². The van der Waals surface area contributed by atoms with Gasteiger partial charge < -0.3 is 4.74 Å². The third-order valence-corrected chi connectivity index (χ3v) is 8.20. The monoisotopic (exact) mass is 564 g/mol. The molecule has 1 aliphatic carbocycles. The van der Waals surface area contributed by atoms with Crippen molar-refractivity contribution >= 4 is 38.5 Å². The molecule has 2 heterocycles. The molecule has 0 radical (unpaired) electrons. The standard InChI is InChI=1S/C25H20ClF3N4O4S/c1-37-22-12-18(15-9-16(10-15)25(27,28)29)19(26)13-21(22)33-20-5-4-17(11-14(20)3-6-23(33)34)38(35,36)32-24-30-7-2-8-31-24/h2-8,11-13,15-16H,9-10H2,1H3,(H,30,31,32)/t15-,16+. The third-order valence-electron chi connectivity index (χ3n) is 6.55. The molecule has 13 heteroatoms. The fraction of sp³-hybridized carbons (Fsp3) is 0.240. The number of benzene rings is 2. The van der Waals surface area contributed by atoms with Gasteiger partial charge in [0.1, 0.15) is 5.75 Å². The number of methoxy groups -OCH3 is 1. The first-order valence-electron chi connectivity index (χ1n) is 11.4. The Labute approximate surface area is 220 Å². The number of anilines is 1. The van der Waals surface area contributed by atoms with Crippen LogP contribution >= 0.6 is 11.6 Å². The third kappa shape index (κ3) is 4.81. The molecule has 0 atom stereocenters. The number of aromatic nitrogens is 3. The smallest absolute Gasteiger partial charge is 0.391 e. The number of hydrogen-bond acceptors (Lipinski definition) is 6. The van der Waals surface area contributed by atoms with Crippen molar-refractivity contribution in [3.8, 4) is 11.4 Å². The minimum Gasteiger partial charge on any atom is -0.495 e. The number of fused-ring (bicyclic) bond motifs is 1. The zero-order valence-electron chi connectivity index (χ0n) is 19.7. The van der Waals surface area contributed by atoms with Crippen LogP contribution in [0.25, 0.3) is 16.6 Å². The minimum absolute atomic E-state index is 0.0702. The number of ether oxygens (including phenoxy) is 1. The van der Waals surface area contributed by atoms with Gasteiger partial charge in [0.2, 0.25) is 5.95 Å². The SMILES string of the molecule is COc1cc([C@H]2C[C@@H](C(F)(F)F)C2)c(Cl)cc1-n1c(=O)ccc2cc(S(=O)(=O)Nc3ncccn3)ccc21. The van der Waals surface area contributed by atoms with Crippen LogP contribution in [0.4, 0.5) is 19.1 Å². The maximum Gasteiger partial charge on any atom is 0.391 e.